The Hall–Kier alpha value is -1.62. The highest BCUT2D eigenvalue weighted by molar-refractivity contribution is 6.38. The van der Waals surface area contributed by atoms with Gasteiger partial charge in [0, 0.05) is 20.3 Å². The van der Waals surface area contributed by atoms with Gasteiger partial charge < -0.3 is 5.32 Å². The van der Waals surface area contributed by atoms with Gasteiger partial charge >= 0.3 is 0 Å². The molecule has 2 aromatic rings. The predicted octanol–water partition coefficient (Wildman–Crippen LogP) is 1.29. The molecule has 2 rings (SSSR count). The average molecular weight is 239 g/mol. The maximum Gasteiger partial charge on any atom is 0.254 e. The van der Waals surface area contributed by atoms with E-state index in [-0.39, 0.29) is 5.91 Å². The second kappa shape index (κ2) is 3.75. The van der Waals surface area contributed by atoms with Gasteiger partial charge in [-0.05, 0) is 6.92 Å². The van der Waals surface area contributed by atoms with Crippen LogP contribution in [0, 0.1) is 6.92 Å². The zero-order chi connectivity index (χ0) is 11.9. The van der Waals surface area contributed by atoms with Gasteiger partial charge in [-0.1, -0.05) is 11.6 Å². The van der Waals surface area contributed by atoms with Crippen LogP contribution in [0.1, 0.15) is 16.1 Å². The van der Waals surface area contributed by atoms with Gasteiger partial charge in [0.15, 0.2) is 5.65 Å². The third-order valence-corrected chi connectivity index (χ3v) is 2.83. The molecular weight excluding hydrogens is 228 g/mol. The van der Waals surface area contributed by atoms with Crippen LogP contribution in [-0.2, 0) is 7.05 Å². The Morgan fingerprint density at radius 3 is 2.88 bits per heavy atom. The van der Waals surface area contributed by atoms with Crippen LogP contribution in [0.3, 0.4) is 0 Å². The van der Waals surface area contributed by atoms with Crippen molar-refractivity contribution in [3.8, 4) is 0 Å². The molecule has 2 aromatic heterocycles. The molecule has 1 amide bonds. The third-order valence-electron chi connectivity index (χ3n) is 2.44. The van der Waals surface area contributed by atoms with Crippen molar-refractivity contribution < 1.29 is 4.79 Å². The van der Waals surface area contributed by atoms with E-state index in [1.807, 2.05) is 6.92 Å². The first-order valence-electron chi connectivity index (χ1n) is 4.76. The Kier molecular flexibility index (Phi) is 2.55. The molecule has 0 aliphatic rings. The van der Waals surface area contributed by atoms with E-state index in [2.05, 4.69) is 15.4 Å². The Bertz CT molecular complexity index is 576. The maximum atomic E-state index is 11.5. The van der Waals surface area contributed by atoms with E-state index in [1.165, 1.54) is 6.20 Å². The number of halogens is 1. The van der Waals surface area contributed by atoms with Crippen LogP contribution in [0.4, 0.5) is 0 Å². The number of rotatable bonds is 1. The number of nitrogens with one attached hydrogen (secondary N) is 1. The summed E-state index contributed by atoms with van der Waals surface area (Å²) in [5.74, 6) is -0.248. The van der Waals surface area contributed by atoms with Crippen molar-refractivity contribution in [3.63, 3.8) is 0 Å². The standard InChI is InChI=1S/C10H11ClN4O/c1-5-7-8(11)6(10(16)12-2)4-13-9(7)15(3)14-5/h4H,1-3H3,(H,12,16). The van der Waals surface area contributed by atoms with E-state index in [0.717, 1.165) is 11.1 Å². The zero-order valence-electron chi connectivity index (χ0n) is 9.21. The SMILES string of the molecule is CNC(=O)c1cnc2c(c(C)nn2C)c1Cl. The highest BCUT2D eigenvalue weighted by Gasteiger charge is 2.17. The smallest absolute Gasteiger partial charge is 0.254 e. The number of fused-ring (bicyclic) bond motifs is 1. The van der Waals surface area contributed by atoms with Gasteiger partial charge in [-0.25, -0.2) is 4.98 Å². The fraction of sp³-hybridized carbons (Fsp3) is 0.300. The monoisotopic (exact) mass is 238 g/mol. The minimum absolute atomic E-state index is 0.248. The van der Waals surface area contributed by atoms with E-state index in [9.17, 15) is 4.79 Å². The summed E-state index contributed by atoms with van der Waals surface area (Å²) in [6.45, 7) is 1.84. The van der Waals surface area contributed by atoms with Gasteiger partial charge in [-0.2, -0.15) is 5.10 Å². The normalized spacial score (nSPS) is 10.8. The largest absolute Gasteiger partial charge is 0.355 e. The Labute approximate surface area is 97.4 Å². The molecule has 0 radical (unpaired) electrons. The number of carbonyl (C=O) groups excluding carboxylic acids is 1. The van der Waals surface area contributed by atoms with Gasteiger partial charge in [0.25, 0.3) is 5.91 Å². The molecule has 1 N–H and O–H groups in total. The Morgan fingerprint density at radius 2 is 2.25 bits per heavy atom. The molecule has 0 aliphatic carbocycles. The summed E-state index contributed by atoms with van der Waals surface area (Å²) in [4.78, 5) is 15.7. The molecule has 0 bridgehead atoms. The first kappa shape index (κ1) is 10.9. The highest BCUT2D eigenvalue weighted by atomic mass is 35.5. The van der Waals surface area contributed by atoms with Gasteiger partial charge in [0.2, 0.25) is 0 Å². The molecule has 6 heteroatoms. The molecule has 84 valence electrons. The maximum absolute atomic E-state index is 11.5. The van der Waals surface area contributed by atoms with E-state index in [0.29, 0.717) is 16.2 Å². The lowest BCUT2D eigenvalue weighted by atomic mass is 10.2. The number of aromatic nitrogens is 3. The van der Waals surface area contributed by atoms with Crippen LogP contribution in [0.5, 0.6) is 0 Å². The van der Waals surface area contributed by atoms with Crippen LogP contribution >= 0.6 is 11.6 Å². The zero-order valence-corrected chi connectivity index (χ0v) is 9.96. The predicted molar refractivity (Wildman–Crippen MR) is 61.6 cm³/mol. The molecule has 0 spiro atoms. The van der Waals surface area contributed by atoms with Gasteiger partial charge in [0.1, 0.15) is 0 Å². The number of hydrogen-bond acceptors (Lipinski definition) is 3. The minimum Gasteiger partial charge on any atom is -0.355 e. The highest BCUT2D eigenvalue weighted by Crippen LogP contribution is 2.27. The first-order valence-corrected chi connectivity index (χ1v) is 5.14. The molecule has 2 heterocycles. The van der Waals surface area contributed by atoms with Crippen molar-refractivity contribution in [2.24, 2.45) is 7.05 Å². The first-order chi connectivity index (χ1) is 7.56. The third kappa shape index (κ3) is 1.44. The molecule has 0 aliphatic heterocycles. The summed E-state index contributed by atoms with van der Waals surface area (Å²) in [7, 11) is 3.34. The summed E-state index contributed by atoms with van der Waals surface area (Å²) < 4.78 is 1.64. The van der Waals surface area contributed by atoms with Gasteiger partial charge in [-0.3, -0.25) is 9.48 Å². The number of aryl methyl sites for hydroxylation is 2. The van der Waals surface area contributed by atoms with Gasteiger partial charge in [-0.15, -0.1) is 0 Å². The van der Waals surface area contributed by atoms with E-state index < -0.39 is 0 Å². The Balaban J connectivity index is 2.79. The fourth-order valence-electron chi connectivity index (χ4n) is 1.66. The van der Waals surface area contributed by atoms with Crippen LogP contribution < -0.4 is 5.32 Å². The van der Waals surface area contributed by atoms with Crippen molar-refractivity contribution >= 4 is 28.5 Å². The van der Waals surface area contributed by atoms with E-state index >= 15 is 0 Å². The van der Waals surface area contributed by atoms with Crippen LogP contribution in [0.2, 0.25) is 5.02 Å². The second-order valence-corrected chi connectivity index (χ2v) is 3.85. The fourth-order valence-corrected chi connectivity index (χ4v) is 2.02. The molecule has 0 unspecified atom stereocenters. The lowest BCUT2D eigenvalue weighted by Gasteiger charge is -2.03. The second-order valence-electron chi connectivity index (χ2n) is 3.47. The van der Waals surface area contributed by atoms with E-state index in [1.54, 1.807) is 18.8 Å². The summed E-state index contributed by atoms with van der Waals surface area (Å²) >= 11 is 6.18. The van der Waals surface area contributed by atoms with Gasteiger partial charge in [0.05, 0.1) is 21.7 Å². The number of carbonyl (C=O) groups is 1. The number of pyridine rings is 1. The molecule has 0 atom stereocenters. The minimum atomic E-state index is -0.248. The lowest BCUT2D eigenvalue weighted by molar-refractivity contribution is 0.0963. The summed E-state index contributed by atoms with van der Waals surface area (Å²) in [5.41, 5.74) is 1.81. The number of hydrogen-bond donors (Lipinski definition) is 1. The molecule has 0 aromatic carbocycles. The van der Waals surface area contributed by atoms with Crippen molar-refractivity contribution in [2.45, 2.75) is 6.92 Å². The molecule has 5 nitrogen and oxygen atoms in total. The number of amides is 1. The van der Waals surface area contributed by atoms with Crippen LogP contribution in [0.25, 0.3) is 11.0 Å². The van der Waals surface area contributed by atoms with Crippen molar-refractivity contribution in [1.29, 1.82) is 0 Å². The van der Waals surface area contributed by atoms with Crippen LogP contribution in [0.15, 0.2) is 6.20 Å². The topological polar surface area (TPSA) is 59.8 Å². The summed E-state index contributed by atoms with van der Waals surface area (Å²) in [6.07, 6.45) is 1.46. The molecule has 16 heavy (non-hydrogen) atoms. The molecular formula is C10H11ClN4O. The molecule has 0 saturated carbocycles. The average Bonchev–Trinajstić information content (AvgIpc) is 2.54. The lowest BCUT2D eigenvalue weighted by Crippen LogP contribution is -2.18. The van der Waals surface area contributed by atoms with Crippen molar-refractivity contribution in [3.05, 3.63) is 22.5 Å². The molecule has 0 fully saturated rings. The van der Waals surface area contributed by atoms with Crippen molar-refractivity contribution in [2.75, 3.05) is 7.05 Å². The Morgan fingerprint density at radius 1 is 1.56 bits per heavy atom. The molecule has 0 saturated heterocycles. The summed E-state index contributed by atoms with van der Waals surface area (Å²) in [5, 5.41) is 7.86. The quantitative estimate of drug-likeness (QED) is 0.815. The van der Waals surface area contributed by atoms with Crippen molar-refractivity contribution in [1.82, 2.24) is 20.1 Å². The van der Waals surface area contributed by atoms with E-state index in [4.69, 9.17) is 11.6 Å². The van der Waals surface area contributed by atoms with Crippen LogP contribution in [-0.4, -0.2) is 27.7 Å². The summed E-state index contributed by atoms with van der Waals surface area (Å²) in [6, 6.07) is 0. The number of nitrogens with zero attached hydrogens (tertiary/aromatic N) is 3.